The second-order valence-corrected chi connectivity index (χ2v) is 5.61. The smallest absolute Gasteiger partial charge is 0.0306 e. The van der Waals surface area contributed by atoms with Crippen LogP contribution in [-0.2, 0) is 5.41 Å². The minimum Gasteiger partial charge on any atom is -0.319 e. The lowest BCUT2D eigenvalue weighted by Gasteiger charge is -2.56. The number of nitrogens with one attached hydrogen (secondary N) is 1. The van der Waals surface area contributed by atoms with Crippen LogP contribution in [0.5, 0.6) is 0 Å². The fraction of sp³-hybridized carbons (Fsp3) is 0.667. The highest BCUT2D eigenvalue weighted by molar-refractivity contribution is 5.29. The van der Waals surface area contributed by atoms with Gasteiger partial charge in [-0.25, -0.2) is 0 Å². The van der Waals surface area contributed by atoms with Gasteiger partial charge in [-0.3, -0.25) is 4.98 Å². The van der Waals surface area contributed by atoms with Gasteiger partial charge in [0.1, 0.15) is 0 Å². The number of hydrogen-bond acceptors (Lipinski definition) is 2. The van der Waals surface area contributed by atoms with Crippen LogP contribution in [0.15, 0.2) is 24.5 Å². The van der Waals surface area contributed by atoms with E-state index < -0.39 is 0 Å². The van der Waals surface area contributed by atoms with E-state index in [1.165, 1.54) is 31.2 Å². The maximum atomic E-state index is 4.29. The van der Waals surface area contributed by atoms with E-state index >= 15 is 0 Å². The number of hydrogen-bond donors (Lipinski definition) is 1. The molecule has 1 aromatic rings. The van der Waals surface area contributed by atoms with Crippen LogP contribution in [0.25, 0.3) is 0 Å². The second-order valence-electron chi connectivity index (χ2n) is 5.61. The Kier molecular flexibility index (Phi) is 3.53. The van der Waals surface area contributed by atoms with Crippen molar-refractivity contribution in [1.82, 2.24) is 10.3 Å². The number of rotatable bonds is 5. The first kappa shape index (κ1) is 12.6. The molecule has 2 nitrogen and oxygen atoms in total. The van der Waals surface area contributed by atoms with Gasteiger partial charge in [-0.1, -0.05) is 32.8 Å². The quantitative estimate of drug-likeness (QED) is 0.843. The minimum atomic E-state index is 0.328. The topological polar surface area (TPSA) is 24.9 Å². The van der Waals surface area contributed by atoms with Crippen LogP contribution in [0, 0.1) is 5.41 Å². The lowest BCUT2D eigenvalue weighted by molar-refractivity contribution is 0.0138. The molecule has 1 N–H and O–H groups in total. The summed E-state index contributed by atoms with van der Waals surface area (Å²) in [5.74, 6) is 0. The van der Waals surface area contributed by atoms with E-state index in [1.807, 2.05) is 12.4 Å². The summed E-state index contributed by atoms with van der Waals surface area (Å²) in [6, 6.07) is 4.30. The number of aromatic nitrogens is 1. The molecule has 0 aromatic carbocycles. The molecular weight excluding hydrogens is 208 g/mol. The predicted octanol–water partition coefficient (Wildman–Crippen LogP) is 3.14. The molecule has 1 aromatic heterocycles. The van der Waals surface area contributed by atoms with Crippen LogP contribution < -0.4 is 5.32 Å². The molecule has 2 heteroatoms. The van der Waals surface area contributed by atoms with Gasteiger partial charge in [0.2, 0.25) is 0 Å². The third-order valence-electron chi connectivity index (χ3n) is 4.72. The van der Waals surface area contributed by atoms with Gasteiger partial charge >= 0.3 is 0 Å². The molecule has 0 atom stereocenters. The molecule has 0 bridgehead atoms. The minimum absolute atomic E-state index is 0.328. The Hall–Kier alpha value is -0.890. The molecule has 0 saturated heterocycles. The number of likely N-dealkylation sites (N-methyl/N-ethyl adjacent to an activating group) is 1. The van der Waals surface area contributed by atoms with Crippen molar-refractivity contribution >= 4 is 0 Å². The Labute approximate surface area is 105 Å². The first-order valence-corrected chi connectivity index (χ1v) is 6.75. The molecule has 0 spiro atoms. The van der Waals surface area contributed by atoms with Crippen molar-refractivity contribution in [2.24, 2.45) is 5.41 Å². The summed E-state index contributed by atoms with van der Waals surface area (Å²) in [6.45, 7) is 5.73. The Morgan fingerprint density at radius 1 is 1.29 bits per heavy atom. The zero-order valence-corrected chi connectivity index (χ0v) is 11.3. The monoisotopic (exact) mass is 232 g/mol. The zero-order chi connectivity index (χ0) is 12.4. The molecule has 1 saturated carbocycles. The van der Waals surface area contributed by atoms with Crippen LogP contribution >= 0.6 is 0 Å². The van der Waals surface area contributed by atoms with Crippen LogP contribution in [0.3, 0.4) is 0 Å². The first-order valence-electron chi connectivity index (χ1n) is 6.75. The van der Waals surface area contributed by atoms with Crippen LogP contribution in [0.2, 0.25) is 0 Å². The summed E-state index contributed by atoms with van der Waals surface area (Å²) < 4.78 is 0. The Morgan fingerprint density at radius 3 is 2.47 bits per heavy atom. The highest BCUT2D eigenvalue weighted by Gasteiger charge is 2.52. The summed E-state index contributed by atoms with van der Waals surface area (Å²) in [5, 5.41) is 3.37. The summed E-state index contributed by atoms with van der Waals surface area (Å²) >= 11 is 0. The van der Waals surface area contributed by atoms with Crippen molar-refractivity contribution in [3.63, 3.8) is 0 Å². The van der Waals surface area contributed by atoms with Gasteiger partial charge in [0.25, 0.3) is 0 Å². The molecule has 0 aliphatic heterocycles. The van der Waals surface area contributed by atoms with Crippen LogP contribution in [0.1, 0.15) is 45.1 Å². The average Bonchev–Trinajstić information content (AvgIpc) is 2.35. The van der Waals surface area contributed by atoms with Gasteiger partial charge in [0, 0.05) is 24.4 Å². The zero-order valence-electron chi connectivity index (χ0n) is 11.3. The van der Waals surface area contributed by atoms with Crippen molar-refractivity contribution in [3.05, 3.63) is 30.1 Å². The normalized spacial score (nSPS) is 20.9. The Balaban J connectivity index is 2.21. The lowest BCUT2D eigenvalue weighted by atomic mass is 9.49. The van der Waals surface area contributed by atoms with Crippen molar-refractivity contribution in [1.29, 1.82) is 0 Å². The summed E-state index contributed by atoms with van der Waals surface area (Å²) in [6.07, 6.45) is 9.12. The van der Waals surface area contributed by atoms with E-state index in [-0.39, 0.29) is 0 Å². The third-order valence-corrected chi connectivity index (χ3v) is 4.72. The molecule has 0 radical (unpaired) electrons. The molecule has 94 valence electrons. The maximum absolute atomic E-state index is 4.29. The second kappa shape index (κ2) is 4.77. The molecule has 1 aliphatic rings. The average molecular weight is 232 g/mol. The van der Waals surface area contributed by atoms with E-state index in [2.05, 4.69) is 43.3 Å². The predicted molar refractivity (Wildman–Crippen MR) is 72.1 cm³/mol. The van der Waals surface area contributed by atoms with Crippen molar-refractivity contribution in [3.8, 4) is 0 Å². The van der Waals surface area contributed by atoms with E-state index in [1.54, 1.807) is 0 Å². The van der Waals surface area contributed by atoms with Crippen LogP contribution in [-0.4, -0.2) is 18.6 Å². The SMILES string of the molecule is CCC1(CC)CC(CNC)(c2cccnc2)C1. The van der Waals surface area contributed by atoms with Crippen LogP contribution in [0.4, 0.5) is 0 Å². The van der Waals surface area contributed by atoms with Gasteiger partial charge in [0.05, 0.1) is 0 Å². The summed E-state index contributed by atoms with van der Waals surface area (Å²) in [5.41, 5.74) is 2.31. The van der Waals surface area contributed by atoms with Crippen molar-refractivity contribution < 1.29 is 0 Å². The summed E-state index contributed by atoms with van der Waals surface area (Å²) in [4.78, 5) is 4.29. The van der Waals surface area contributed by atoms with Gasteiger partial charge < -0.3 is 5.32 Å². The summed E-state index contributed by atoms with van der Waals surface area (Å²) in [7, 11) is 2.05. The fourth-order valence-electron chi connectivity index (χ4n) is 3.58. The van der Waals surface area contributed by atoms with E-state index in [0.717, 1.165) is 6.54 Å². The molecule has 17 heavy (non-hydrogen) atoms. The number of pyridine rings is 1. The molecule has 0 unspecified atom stereocenters. The molecule has 1 heterocycles. The largest absolute Gasteiger partial charge is 0.319 e. The van der Waals surface area contributed by atoms with E-state index in [0.29, 0.717) is 10.8 Å². The maximum Gasteiger partial charge on any atom is 0.0306 e. The third kappa shape index (κ3) is 2.11. The molecule has 1 fully saturated rings. The number of nitrogens with zero attached hydrogens (tertiary/aromatic N) is 1. The van der Waals surface area contributed by atoms with Gasteiger partial charge in [-0.05, 0) is 36.9 Å². The van der Waals surface area contributed by atoms with Gasteiger partial charge in [-0.2, -0.15) is 0 Å². The highest BCUT2D eigenvalue weighted by atomic mass is 14.9. The molecule has 0 amide bonds. The molecular formula is C15H24N2. The fourth-order valence-corrected chi connectivity index (χ4v) is 3.58. The Morgan fingerprint density at radius 2 is 2.00 bits per heavy atom. The van der Waals surface area contributed by atoms with Gasteiger partial charge in [-0.15, -0.1) is 0 Å². The highest BCUT2D eigenvalue weighted by Crippen LogP contribution is 2.58. The Bertz CT molecular complexity index is 346. The van der Waals surface area contributed by atoms with E-state index in [4.69, 9.17) is 0 Å². The molecule has 1 aliphatic carbocycles. The molecule has 2 rings (SSSR count). The lowest BCUT2D eigenvalue weighted by Crippen LogP contribution is -2.54. The van der Waals surface area contributed by atoms with E-state index in [9.17, 15) is 0 Å². The van der Waals surface area contributed by atoms with Crippen molar-refractivity contribution in [2.75, 3.05) is 13.6 Å². The standard InChI is InChI=1S/C15H24N2/c1-4-14(5-2)10-15(11-14,12-16-3)13-7-6-8-17-9-13/h6-9,16H,4-5,10-12H2,1-3H3. The first-order chi connectivity index (χ1) is 8.20. The van der Waals surface area contributed by atoms with Crippen molar-refractivity contribution in [2.45, 2.75) is 44.9 Å². The van der Waals surface area contributed by atoms with Gasteiger partial charge in [0.15, 0.2) is 0 Å².